The monoisotopic (exact) mass is 274 g/mol. The third-order valence-corrected chi connectivity index (χ3v) is 2.89. The van der Waals surface area contributed by atoms with Crippen LogP contribution in [0.25, 0.3) is 0 Å². The van der Waals surface area contributed by atoms with E-state index in [9.17, 15) is 4.39 Å². The average Bonchev–Trinajstić information content (AvgIpc) is 2.39. The fraction of sp³-hybridized carbons (Fsp3) is 0.333. The Labute approximate surface area is 118 Å². The van der Waals surface area contributed by atoms with Gasteiger partial charge in [-0.05, 0) is 39.0 Å². The summed E-state index contributed by atoms with van der Waals surface area (Å²) < 4.78 is 13.4. The van der Waals surface area contributed by atoms with Gasteiger partial charge in [0, 0.05) is 24.8 Å². The van der Waals surface area contributed by atoms with Crippen molar-refractivity contribution in [3.8, 4) is 0 Å². The number of anilines is 3. The first kappa shape index (κ1) is 14.2. The van der Waals surface area contributed by atoms with Gasteiger partial charge < -0.3 is 10.2 Å². The van der Waals surface area contributed by atoms with E-state index in [2.05, 4.69) is 15.3 Å². The molecule has 0 aliphatic carbocycles. The number of nitrogens with one attached hydrogen (secondary N) is 1. The first-order valence-corrected chi connectivity index (χ1v) is 6.76. The Kier molecular flexibility index (Phi) is 4.50. The zero-order chi connectivity index (χ0) is 14.5. The molecule has 106 valence electrons. The predicted octanol–water partition coefficient (Wildman–Crippen LogP) is 3.51. The summed E-state index contributed by atoms with van der Waals surface area (Å²) in [6.07, 6.45) is 0. The normalized spacial score (nSPS) is 10.4. The van der Waals surface area contributed by atoms with Crippen LogP contribution in [0.15, 0.2) is 30.3 Å². The fourth-order valence-corrected chi connectivity index (χ4v) is 2.08. The maximum absolute atomic E-state index is 13.4. The maximum Gasteiger partial charge on any atom is 0.138 e. The summed E-state index contributed by atoms with van der Waals surface area (Å²) in [5.41, 5.74) is 0.785. The topological polar surface area (TPSA) is 41.0 Å². The zero-order valence-electron chi connectivity index (χ0n) is 12.0. The molecule has 2 rings (SSSR count). The van der Waals surface area contributed by atoms with Gasteiger partial charge in [0.15, 0.2) is 0 Å². The molecule has 2 aromatic rings. The second-order valence-electron chi connectivity index (χ2n) is 4.41. The third kappa shape index (κ3) is 3.23. The van der Waals surface area contributed by atoms with Crippen LogP contribution in [0.4, 0.5) is 21.7 Å². The van der Waals surface area contributed by atoms with E-state index in [1.165, 1.54) is 12.1 Å². The van der Waals surface area contributed by atoms with Gasteiger partial charge in [-0.25, -0.2) is 14.4 Å². The van der Waals surface area contributed by atoms with Gasteiger partial charge in [0.05, 0.1) is 0 Å². The van der Waals surface area contributed by atoms with E-state index in [1.54, 1.807) is 6.07 Å². The molecule has 0 saturated heterocycles. The van der Waals surface area contributed by atoms with Crippen LogP contribution < -0.4 is 10.2 Å². The van der Waals surface area contributed by atoms with Crippen molar-refractivity contribution in [1.82, 2.24) is 9.97 Å². The van der Waals surface area contributed by atoms with E-state index in [4.69, 9.17) is 0 Å². The van der Waals surface area contributed by atoms with E-state index in [0.29, 0.717) is 12.4 Å². The number of rotatable bonds is 5. The minimum atomic E-state index is -0.251. The Morgan fingerprint density at radius 1 is 1.20 bits per heavy atom. The van der Waals surface area contributed by atoms with Gasteiger partial charge in [-0.2, -0.15) is 0 Å². The lowest BCUT2D eigenvalue weighted by atomic mass is 10.2. The molecule has 4 nitrogen and oxygen atoms in total. The maximum atomic E-state index is 13.4. The highest BCUT2D eigenvalue weighted by molar-refractivity contribution is 5.62. The molecular weight excluding hydrogens is 255 g/mol. The van der Waals surface area contributed by atoms with E-state index >= 15 is 0 Å². The zero-order valence-corrected chi connectivity index (χ0v) is 12.0. The molecule has 1 heterocycles. The molecule has 0 aliphatic rings. The molecule has 0 saturated carbocycles. The summed E-state index contributed by atoms with van der Waals surface area (Å²) in [6, 6.07) is 8.40. The molecule has 0 amide bonds. The third-order valence-electron chi connectivity index (χ3n) is 2.89. The van der Waals surface area contributed by atoms with Crippen LogP contribution in [-0.4, -0.2) is 23.1 Å². The molecule has 1 aromatic carbocycles. The van der Waals surface area contributed by atoms with Crippen molar-refractivity contribution in [3.63, 3.8) is 0 Å². The first-order valence-electron chi connectivity index (χ1n) is 6.76. The van der Waals surface area contributed by atoms with E-state index in [0.717, 1.165) is 23.9 Å². The average molecular weight is 274 g/mol. The predicted molar refractivity (Wildman–Crippen MR) is 80.0 cm³/mol. The highest BCUT2D eigenvalue weighted by Gasteiger charge is 2.11. The van der Waals surface area contributed by atoms with E-state index in [-0.39, 0.29) is 5.82 Å². The molecule has 20 heavy (non-hydrogen) atoms. The van der Waals surface area contributed by atoms with Crippen LogP contribution in [0, 0.1) is 12.7 Å². The number of halogens is 1. The minimum absolute atomic E-state index is 0.251. The molecule has 0 spiro atoms. The SMILES string of the molecule is CCNc1cc(N(CC)c2cccc(F)c2)nc(C)n1. The second kappa shape index (κ2) is 6.32. The van der Waals surface area contributed by atoms with Crippen LogP contribution >= 0.6 is 0 Å². The van der Waals surface area contributed by atoms with Crippen molar-refractivity contribution in [2.75, 3.05) is 23.3 Å². The van der Waals surface area contributed by atoms with Crippen molar-refractivity contribution in [2.24, 2.45) is 0 Å². The highest BCUT2D eigenvalue weighted by atomic mass is 19.1. The largest absolute Gasteiger partial charge is 0.370 e. The van der Waals surface area contributed by atoms with E-state index in [1.807, 2.05) is 37.8 Å². The molecule has 0 radical (unpaired) electrons. The van der Waals surface area contributed by atoms with Crippen molar-refractivity contribution in [3.05, 3.63) is 42.0 Å². The van der Waals surface area contributed by atoms with E-state index < -0.39 is 0 Å². The van der Waals surface area contributed by atoms with Crippen LogP contribution in [0.2, 0.25) is 0 Å². The number of aryl methyl sites for hydroxylation is 1. The lowest BCUT2D eigenvalue weighted by molar-refractivity contribution is 0.627. The van der Waals surface area contributed by atoms with Gasteiger partial charge >= 0.3 is 0 Å². The smallest absolute Gasteiger partial charge is 0.138 e. The van der Waals surface area contributed by atoms with Crippen LogP contribution in [0.5, 0.6) is 0 Å². The van der Waals surface area contributed by atoms with Crippen LogP contribution in [0.1, 0.15) is 19.7 Å². The molecule has 0 fully saturated rings. The van der Waals surface area contributed by atoms with Gasteiger partial charge in [-0.3, -0.25) is 0 Å². The molecule has 0 atom stereocenters. The summed E-state index contributed by atoms with van der Waals surface area (Å²) in [6.45, 7) is 7.37. The van der Waals surface area contributed by atoms with Crippen molar-refractivity contribution in [1.29, 1.82) is 0 Å². The Balaban J connectivity index is 2.41. The van der Waals surface area contributed by atoms with Crippen molar-refractivity contribution in [2.45, 2.75) is 20.8 Å². The molecule has 5 heteroatoms. The molecular formula is C15H19FN4. The van der Waals surface area contributed by atoms with Crippen molar-refractivity contribution >= 4 is 17.3 Å². The number of hydrogen-bond acceptors (Lipinski definition) is 4. The van der Waals surface area contributed by atoms with Crippen molar-refractivity contribution < 1.29 is 4.39 Å². The summed E-state index contributed by atoms with van der Waals surface area (Å²) in [5.74, 6) is 1.98. The molecule has 0 unspecified atom stereocenters. The molecule has 0 bridgehead atoms. The van der Waals surface area contributed by atoms with Gasteiger partial charge in [0.2, 0.25) is 0 Å². The number of aromatic nitrogens is 2. The number of nitrogens with zero attached hydrogens (tertiary/aromatic N) is 3. The minimum Gasteiger partial charge on any atom is -0.370 e. The molecule has 1 aromatic heterocycles. The Morgan fingerprint density at radius 2 is 2.00 bits per heavy atom. The Morgan fingerprint density at radius 3 is 2.65 bits per heavy atom. The summed E-state index contributed by atoms with van der Waals surface area (Å²) in [5, 5.41) is 3.18. The quantitative estimate of drug-likeness (QED) is 0.905. The fourth-order valence-electron chi connectivity index (χ4n) is 2.08. The summed E-state index contributed by atoms with van der Waals surface area (Å²) >= 11 is 0. The lowest BCUT2D eigenvalue weighted by Crippen LogP contribution is -2.18. The van der Waals surface area contributed by atoms with Crippen LogP contribution in [-0.2, 0) is 0 Å². The Hall–Kier alpha value is -2.17. The molecule has 0 aliphatic heterocycles. The van der Waals surface area contributed by atoms with Gasteiger partial charge in [-0.1, -0.05) is 6.07 Å². The van der Waals surface area contributed by atoms with Crippen LogP contribution in [0.3, 0.4) is 0 Å². The van der Waals surface area contributed by atoms with Gasteiger partial charge in [0.25, 0.3) is 0 Å². The lowest BCUT2D eigenvalue weighted by Gasteiger charge is -2.23. The summed E-state index contributed by atoms with van der Waals surface area (Å²) in [4.78, 5) is 10.7. The van der Waals surface area contributed by atoms with Gasteiger partial charge in [0.1, 0.15) is 23.3 Å². The Bertz CT molecular complexity index is 586. The number of benzene rings is 1. The standard InChI is InChI=1S/C15H19FN4/c1-4-17-14-10-15(19-11(3)18-14)20(5-2)13-8-6-7-12(16)9-13/h6-10H,4-5H2,1-3H3,(H,17,18,19). The number of hydrogen-bond donors (Lipinski definition) is 1. The van der Waals surface area contributed by atoms with Gasteiger partial charge in [-0.15, -0.1) is 0 Å². The summed E-state index contributed by atoms with van der Waals surface area (Å²) in [7, 11) is 0. The highest BCUT2D eigenvalue weighted by Crippen LogP contribution is 2.25. The second-order valence-corrected chi connectivity index (χ2v) is 4.41. The molecule has 1 N–H and O–H groups in total. The first-order chi connectivity index (χ1) is 9.63.